The number of hydrogen-bond acceptors (Lipinski definition) is 4. The van der Waals surface area contributed by atoms with Gasteiger partial charge in [0.15, 0.2) is 6.67 Å². The van der Waals surface area contributed by atoms with E-state index in [1.807, 2.05) is 0 Å². The standard InChI is InChI=1S/C21H17F6N3O3/c22-20(23,24)18(28)7-8-29-12-30-9-10-32-17-6-3-14(11-16(17)19(30)31)13-1-4-15(5-2-13)33-21(25,26)27/h1-8,11,28-29H,9-10,12H2/p+1. The SMILES string of the molecule is N=C(C=C[NH2+]CN1CCOc2ccc(-c3ccc(OC(F)(F)F)cc3)cc2C1=O)C(F)(F)F. The highest BCUT2D eigenvalue weighted by Crippen LogP contribution is 2.31. The van der Waals surface area contributed by atoms with Crippen LogP contribution in [-0.4, -0.2) is 48.9 Å². The number of carbonyl (C=O) groups excluding carboxylic acids is 1. The minimum Gasteiger partial charge on any atom is -0.491 e. The fourth-order valence-corrected chi connectivity index (χ4v) is 3.01. The zero-order chi connectivity index (χ0) is 24.2. The first kappa shape index (κ1) is 24.1. The van der Waals surface area contributed by atoms with E-state index in [-0.39, 0.29) is 31.1 Å². The van der Waals surface area contributed by atoms with Crippen LogP contribution in [0.5, 0.6) is 11.5 Å². The molecule has 0 fully saturated rings. The summed E-state index contributed by atoms with van der Waals surface area (Å²) in [5, 5.41) is 8.23. The molecule has 1 heterocycles. The van der Waals surface area contributed by atoms with Gasteiger partial charge in [-0.2, -0.15) is 13.2 Å². The van der Waals surface area contributed by atoms with E-state index in [4.69, 9.17) is 10.1 Å². The average Bonchev–Trinajstić information content (AvgIpc) is 2.88. The van der Waals surface area contributed by atoms with E-state index in [0.717, 1.165) is 18.3 Å². The van der Waals surface area contributed by atoms with Gasteiger partial charge in [0.05, 0.1) is 18.3 Å². The highest BCUT2D eigenvalue weighted by atomic mass is 19.4. The van der Waals surface area contributed by atoms with Crippen molar-refractivity contribution in [1.29, 1.82) is 5.41 Å². The Morgan fingerprint density at radius 3 is 2.39 bits per heavy atom. The fraction of sp³-hybridized carbons (Fsp3) is 0.238. The summed E-state index contributed by atoms with van der Waals surface area (Å²) in [6.07, 6.45) is -7.91. The second kappa shape index (κ2) is 9.53. The number of rotatable bonds is 6. The number of quaternary nitrogens is 1. The number of carbonyl (C=O) groups is 1. The van der Waals surface area contributed by atoms with Gasteiger partial charge in [0, 0.05) is 6.08 Å². The van der Waals surface area contributed by atoms with Gasteiger partial charge in [0.2, 0.25) is 0 Å². The molecule has 1 amide bonds. The number of amides is 1. The Morgan fingerprint density at radius 2 is 1.76 bits per heavy atom. The van der Waals surface area contributed by atoms with Crippen molar-refractivity contribution >= 4 is 11.6 Å². The summed E-state index contributed by atoms with van der Waals surface area (Å²) in [5.74, 6) is -0.483. The second-order valence-electron chi connectivity index (χ2n) is 6.89. The van der Waals surface area contributed by atoms with Crippen molar-refractivity contribution in [2.24, 2.45) is 0 Å². The molecule has 12 heteroatoms. The Morgan fingerprint density at radius 1 is 1.09 bits per heavy atom. The van der Waals surface area contributed by atoms with E-state index >= 15 is 0 Å². The molecule has 0 saturated carbocycles. The van der Waals surface area contributed by atoms with Gasteiger partial charge in [-0.05, 0) is 35.4 Å². The highest BCUT2D eigenvalue weighted by Gasteiger charge is 2.33. The van der Waals surface area contributed by atoms with Gasteiger partial charge in [-0.15, -0.1) is 13.2 Å². The van der Waals surface area contributed by atoms with Crippen LogP contribution in [0.15, 0.2) is 54.7 Å². The summed E-state index contributed by atoms with van der Waals surface area (Å²) in [6, 6.07) is 9.88. The molecule has 0 radical (unpaired) electrons. The van der Waals surface area contributed by atoms with E-state index in [9.17, 15) is 31.1 Å². The molecule has 0 aliphatic carbocycles. The van der Waals surface area contributed by atoms with Gasteiger partial charge in [-0.3, -0.25) is 15.1 Å². The van der Waals surface area contributed by atoms with Crippen molar-refractivity contribution in [2.75, 3.05) is 19.8 Å². The molecule has 0 bridgehead atoms. The van der Waals surface area contributed by atoms with Crippen LogP contribution in [0.4, 0.5) is 26.3 Å². The number of nitrogens with two attached hydrogens (primary N) is 1. The van der Waals surface area contributed by atoms with Crippen LogP contribution < -0.4 is 14.8 Å². The Kier molecular flexibility index (Phi) is 6.96. The molecule has 2 aromatic carbocycles. The molecule has 0 aromatic heterocycles. The third-order valence-electron chi connectivity index (χ3n) is 4.57. The second-order valence-corrected chi connectivity index (χ2v) is 6.89. The number of nitrogens with zero attached hydrogens (tertiary/aromatic N) is 1. The summed E-state index contributed by atoms with van der Waals surface area (Å²) >= 11 is 0. The van der Waals surface area contributed by atoms with Crippen molar-refractivity contribution in [3.05, 3.63) is 60.3 Å². The summed E-state index contributed by atoms with van der Waals surface area (Å²) in [5.41, 5.74) is -0.211. The van der Waals surface area contributed by atoms with Gasteiger partial charge in [0.25, 0.3) is 5.91 Å². The van der Waals surface area contributed by atoms with Crippen molar-refractivity contribution < 1.29 is 45.9 Å². The van der Waals surface area contributed by atoms with Gasteiger partial charge >= 0.3 is 12.5 Å². The van der Waals surface area contributed by atoms with Crippen LogP contribution in [0.3, 0.4) is 0 Å². The zero-order valence-corrected chi connectivity index (χ0v) is 16.8. The molecule has 0 atom stereocenters. The summed E-state index contributed by atoms with van der Waals surface area (Å²) in [7, 11) is 0. The molecular weight excluding hydrogens is 456 g/mol. The summed E-state index contributed by atoms with van der Waals surface area (Å²) in [6.45, 7) is 0.349. The summed E-state index contributed by atoms with van der Waals surface area (Å²) in [4.78, 5) is 14.3. The first-order valence-corrected chi connectivity index (χ1v) is 9.52. The largest absolute Gasteiger partial charge is 0.573 e. The molecule has 0 saturated heterocycles. The van der Waals surface area contributed by atoms with Gasteiger partial charge < -0.3 is 14.8 Å². The van der Waals surface area contributed by atoms with Crippen molar-refractivity contribution in [1.82, 2.24) is 4.90 Å². The third kappa shape index (κ3) is 6.48. The smallest absolute Gasteiger partial charge is 0.491 e. The lowest BCUT2D eigenvalue weighted by Crippen LogP contribution is -2.82. The van der Waals surface area contributed by atoms with Gasteiger partial charge in [-0.1, -0.05) is 18.2 Å². The molecule has 6 nitrogen and oxygen atoms in total. The van der Waals surface area contributed by atoms with Crippen LogP contribution in [0.1, 0.15) is 10.4 Å². The maximum atomic E-state index is 13.0. The number of allylic oxidation sites excluding steroid dienone is 1. The lowest BCUT2D eigenvalue weighted by Gasteiger charge is -2.17. The molecule has 0 unspecified atom stereocenters. The van der Waals surface area contributed by atoms with Crippen LogP contribution in [0, 0.1) is 5.41 Å². The van der Waals surface area contributed by atoms with Crippen molar-refractivity contribution in [3.63, 3.8) is 0 Å². The fourth-order valence-electron chi connectivity index (χ4n) is 3.01. The molecule has 1 aliphatic rings. The first-order chi connectivity index (χ1) is 15.4. The Labute approximate surface area is 183 Å². The number of hydrogen-bond donors (Lipinski definition) is 2. The van der Waals surface area contributed by atoms with Gasteiger partial charge in [0.1, 0.15) is 23.8 Å². The van der Waals surface area contributed by atoms with Crippen molar-refractivity contribution in [2.45, 2.75) is 12.5 Å². The van der Waals surface area contributed by atoms with Crippen LogP contribution in [0.2, 0.25) is 0 Å². The van der Waals surface area contributed by atoms with E-state index in [1.54, 1.807) is 12.1 Å². The van der Waals surface area contributed by atoms with Crippen LogP contribution in [-0.2, 0) is 0 Å². The average molecular weight is 474 g/mol. The van der Waals surface area contributed by atoms with E-state index in [0.29, 0.717) is 23.0 Å². The molecule has 1 aliphatic heterocycles. The van der Waals surface area contributed by atoms with Crippen molar-refractivity contribution in [3.8, 4) is 22.6 Å². The molecule has 2 aromatic rings. The van der Waals surface area contributed by atoms with Gasteiger partial charge in [-0.25, -0.2) is 0 Å². The minimum atomic E-state index is -4.81. The number of alkyl halides is 6. The molecule has 0 spiro atoms. The quantitative estimate of drug-likeness (QED) is 0.495. The molecule has 176 valence electrons. The molecular formula is C21H18F6N3O3+. The summed E-state index contributed by atoms with van der Waals surface area (Å²) < 4.78 is 83.5. The monoisotopic (exact) mass is 474 g/mol. The van der Waals surface area contributed by atoms with E-state index < -0.39 is 24.2 Å². The maximum Gasteiger partial charge on any atom is 0.573 e. The van der Waals surface area contributed by atoms with E-state index in [2.05, 4.69) is 4.74 Å². The van der Waals surface area contributed by atoms with E-state index in [1.165, 1.54) is 28.4 Å². The maximum absolute atomic E-state index is 13.0. The lowest BCUT2D eigenvalue weighted by atomic mass is 10.0. The number of benzene rings is 2. The Bertz CT molecular complexity index is 1050. The van der Waals surface area contributed by atoms with Crippen LogP contribution in [0.25, 0.3) is 11.1 Å². The first-order valence-electron chi connectivity index (χ1n) is 9.52. The highest BCUT2D eigenvalue weighted by molar-refractivity contribution is 5.98. The normalized spacial score (nSPS) is 14.6. The number of fused-ring (bicyclic) bond motifs is 1. The molecule has 3 rings (SSSR count). The third-order valence-corrected chi connectivity index (χ3v) is 4.57. The molecule has 3 N–H and O–H groups in total. The predicted octanol–water partition coefficient (Wildman–Crippen LogP) is 3.70. The Balaban J connectivity index is 1.73. The number of halogens is 6. The number of ether oxygens (including phenoxy) is 2. The zero-order valence-electron chi connectivity index (χ0n) is 16.8. The molecule has 33 heavy (non-hydrogen) atoms. The lowest BCUT2D eigenvalue weighted by molar-refractivity contribution is -0.604. The predicted molar refractivity (Wildman–Crippen MR) is 105 cm³/mol. The Hall–Kier alpha value is -3.54. The van der Waals surface area contributed by atoms with Crippen LogP contribution >= 0.6 is 0 Å². The minimum absolute atomic E-state index is 0.00300. The topological polar surface area (TPSA) is 79.2 Å². The number of nitrogens with one attached hydrogen (secondary N) is 1.